The number of amides is 4. The number of fused-ring (bicyclic) bond motifs is 1. The topological polar surface area (TPSA) is 121 Å². The molecule has 0 radical (unpaired) electrons. The van der Waals surface area contributed by atoms with Crippen LogP contribution in [0.5, 0.6) is 5.75 Å². The van der Waals surface area contributed by atoms with E-state index in [2.05, 4.69) is 15.6 Å². The van der Waals surface area contributed by atoms with Crippen molar-refractivity contribution in [2.24, 2.45) is 5.92 Å². The van der Waals surface area contributed by atoms with E-state index >= 15 is 0 Å². The van der Waals surface area contributed by atoms with Crippen LogP contribution in [0, 0.1) is 12.8 Å². The summed E-state index contributed by atoms with van der Waals surface area (Å²) in [6, 6.07) is 10.9. The van der Waals surface area contributed by atoms with Crippen molar-refractivity contribution in [3.63, 3.8) is 0 Å². The van der Waals surface area contributed by atoms with Crippen LogP contribution in [0.3, 0.4) is 0 Å². The highest BCUT2D eigenvalue weighted by Gasteiger charge is 2.36. The number of carbonyl (C=O) groups is 4. The molecule has 2 aromatic rings. The molecule has 2 aliphatic heterocycles. The third-order valence-electron chi connectivity index (χ3n) is 6.52. The minimum absolute atomic E-state index is 0.0815. The molecule has 196 valence electrons. The summed E-state index contributed by atoms with van der Waals surface area (Å²) in [6.07, 6.45) is 2.56. The van der Waals surface area contributed by atoms with Gasteiger partial charge in [-0.2, -0.15) is 0 Å². The van der Waals surface area contributed by atoms with Crippen LogP contribution in [0.2, 0.25) is 0 Å². The number of rotatable bonds is 3. The van der Waals surface area contributed by atoms with Crippen LogP contribution < -0.4 is 15.4 Å². The number of nitrogens with zero attached hydrogens (tertiary/aromatic N) is 3. The molecule has 10 heteroatoms. The Kier molecular flexibility index (Phi) is 8.71. The van der Waals surface area contributed by atoms with Crippen molar-refractivity contribution >= 4 is 23.6 Å². The Morgan fingerprint density at radius 2 is 1.97 bits per heavy atom. The molecule has 1 unspecified atom stereocenters. The van der Waals surface area contributed by atoms with Gasteiger partial charge in [0, 0.05) is 45.2 Å². The van der Waals surface area contributed by atoms with Gasteiger partial charge in [0.25, 0.3) is 5.91 Å². The number of hydrogen-bond acceptors (Lipinski definition) is 6. The number of nitrogens with one attached hydrogen (secondary N) is 2. The molecule has 1 saturated heterocycles. The van der Waals surface area contributed by atoms with Crippen molar-refractivity contribution in [2.45, 2.75) is 32.7 Å². The van der Waals surface area contributed by atoms with E-state index in [4.69, 9.17) is 4.74 Å². The molecule has 2 N–H and O–H groups in total. The van der Waals surface area contributed by atoms with Crippen LogP contribution in [0.15, 0.2) is 42.6 Å². The fourth-order valence-electron chi connectivity index (χ4n) is 4.59. The number of ether oxygens (including phenoxy) is 1. The highest BCUT2D eigenvalue weighted by molar-refractivity contribution is 5.97. The van der Waals surface area contributed by atoms with Crippen LogP contribution in [-0.4, -0.2) is 77.7 Å². The summed E-state index contributed by atoms with van der Waals surface area (Å²) in [7, 11) is 0. The zero-order chi connectivity index (χ0) is 26.2. The van der Waals surface area contributed by atoms with Crippen molar-refractivity contribution in [3.05, 3.63) is 59.4 Å². The molecular weight excluding hydrogens is 474 g/mol. The predicted molar refractivity (Wildman–Crippen MR) is 136 cm³/mol. The number of hydrogen-bond donors (Lipinski definition) is 2. The van der Waals surface area contributed by atoms with Crippen LogP contribution in [0.25, 0.3) is 0 Å². The second-order valence-electron chi connectivity index (χ2n) is 9.38. The monoisotopic (exact) mass is 507 g/mol. The zero-order valence-electron chi connectivity index (χ0n) is 21.1. The number of aromatic nitrogens is 1. The van der Waals surface area contributed by atoms with Gasteiger partial charge in [-0.05, 0) is 37.6 Å². The van der Waals surface area contributed by atoms with Gasteiger partial charge in [0.1, 0.15) is 12.4 Å². The first-order valence-corrected chi connectivity index (χ1v) is 12.7. The average molecular weight is 508 g/mol. The quantitative estimate of drug-likeness (QED) is 0.646. The minimum Gasteiger partial charge on any atom is -0.491 e. The van der Waals surface area contributed by atoms with Gasteiger partial charge in [-0.25, -0.2) is 0 Å². The van der Waals surface area contributed by atoms with Crippen molar-refractivity contribution in [2.75, 3.05) is 39.3 Å². The number of pyridine rings is 1. The molecular formula is C27H33N5O5. The van der Waals surface area contributed by atoms with E-state index in [0.29, 0.717) is 43.9 Å². The van der Waals surface area contributed by atoms with Gasteiger partial charge in [-0.1, -0.05) is 17.7 Å². The third kappa shape index (κ3) is 7.05. The summed E-state index contributed by atoms with van der Waals surface area (Å²) in [5.41, 5.74) is 2.10. The van der Waals surface area contributed by atoms with E-state index in [-0.39, 0.29) is 56.2 Å². The van der Waals surface area contributed by atoms with Gasteiger partial charge in [-0.3, -0.25) is 24.2 Å². The van der Waals surface area contributed by atoms with Gasteiger partial charge in [0.15, 0.2) is 0 Å². The molecule has 1 atom stereocenters. The lowest BCUT2D eigenvalue weighted by atomic mass is 10.1. The molecule has 2 aliphatic rings. The number of carbonyl (C=O) groups excluding carboxylic acids is 4. The zero-order valence-corrected chi connectivity index (χ0v) is 21.1. The third-order valence-corrected chi connectivity index (χ3v) is 6.52. The molecule has 0 bridgehead atoms. The second-order valence-corrected chi connectivity index (χ2v) is 9.38. The van der Waals surface area contributed by atoms with E-state index in [9.17, 15) is 19.2 Å². The molecule has 0 saturated carbocycles. The van der Waals surface area contributed by atoms with Crippen LogP contribution >= 0.6 is 0 Å². The molecule has 0 spiro atoms. The summed E-state index contributed by atoms with van der Waals surface area (Å²) < 4.78 is 5.75. The van der Waals surface area contributed by atoms with E-state index in [1.807, 2.05) is 31.2 Å². The van der Waals surface area contributed by atoms with Crippen molar-refractivity contribution < 1.29 is 23.9 Å². The average Bonchev–Trinajstić information content (AvgIpc) is 3.25. The van der Waals surface area contributed by atoms with Crippen LogP contribution in [-0.2, 0) is 20.9 Å². The summed E-state index contributed by atoms with van der Waals surface area (Å²) in [6.45, 7) is 4.00. The lowest BCUT2D eigenvalue weighted by Gasteiger charge is -2.26. The Balaban J connectivity index is 1.43. The largest absolute Gasteiger partial charge is 0.491 e. The number of benzene rings is 1. The Labute approximate surface area is 216 Å². The minimum atomic E-state index is -0.473. The maximum Gasteiger partial charge on any atom is 0.255 e. The molecule has 4 rings (SSSR count). The molecule has 1 aromatic carbocycles. The smallest absolute Gasteiger partial charge is 0.255 e. The van der Waals surface area contributed by atoms with Crippen molar-refractivity contribution in [1.82, 2.24) is 25.4 Å². The van der Waals surface area contributed by atoms with Gasteiger partial charge >= 0.3 is 0 Å². The molecule has 1 aromatic heterocycles. The molecule has 1 fully saturated rings. The van der Waals surface area contributed by atoms with Crippen molar-refractivity contribution in [1.29, 1.82) is 0 Å². The molecule has 10 nitrogen and oxygen atoms in total. The Morgan fingerprint density at radius 3 is 2.78 bits per heavy atom. The van der Waals surface area contributed by atoms with E-state index < -0.39 is 5.92 Å². The summed E-state index contributed by atoms with van der Waals surface area (Å²) in [4.78, 5) is 58.8. The molecule has 0 aliphatic carbocycles. The summed E-state index contributed by atoms with van der Waals surface area (Å²) in [5, 5.41) is 5.70. The van der Waals surface area contributed by atoms with Gasteiger partial charge < -0.3 is 25.2 Å². The first-order valence-electron chi connectivity index (χ1n) is 12.7. The summed E-state index contributed by atoms with van der Waals surface area (Å²) >= 11 is 0. The lowest BCUT2D eigenvalue weighted by Crippen LogP contribution is -2.43. The normalized spacial score (nSPS) is 19.7. The first kappa shape index (κ1) is 26.1. The van der Waals surface area contributed by atoms with E-state index in [1.165, 1.54) is 0 Å². The Bertz CT molecular complexity index is 1140. The lowest BCUT2D eigenvalue weighted by molar-refractivity contribution is -0.136. The first-order chi connectivity index (χ1) is 17.9. The maximum atomic E-state index is 13.4. The number of aryl methyl sites for hydroxylation is 1. The number of likely N-dealkylation sites (tertiary alicyclic amines) is 1. The van der Waals surface area contributed by atoms with Crippen molar-refractivity contribution in [3.8, 4) is 5.75 Å². The van der Waals surface area contributed by atoms with E-state index in [1.54, 1.807) is 28.1 Å². The molecule has 3 heterocycles. The fourth-order valence-corrected chi connectivity index (χ4v) is 4.59. The predicted octanol–water partition coefficient (Wildman–Crippen LogP) is 1.29. The van der Waals surface area contributed by atoms with Crippen LogP contribution in [0.1, 0.15) is 40.9 Å². The van der Waals surface area contributed by atoms with Gasteiger partial charge in [0.05, 0.1) is 30.3 Å². The maximum absolute atomic E-state index is 13.4. The van der Waals surface area contributed by atoms with Crippen LogP contribution in [0.4, 0.5) is 0 Å². The second kappa shape index (κ2) is 12.3. The highest BCUT2D eigenvalue weighted by atomic mass is 16.5. The highest BCUT2D eigenvalue weighted by Crippen LogP contribution is 2.23. The SMILES string of the molecule is Cc1ccc2c(c1)C(=O)NCCN(C(=O)C1CC(=O)N(Cc3ccccn3)C1)CCCC(=O)NCCO2. The fraction of sp³-hybridized carbons (Fsp3) is 0.444. The van der Waals surface area contributed by atoms with Gasteiger partial charge in [-0.15, -0.1) is 0 Å². The molecule has 37 heavy (non-hydrogen) atoms. The Morgan fingerprint density at radius 1 is 1.11 bits per heavy atom. The van der Waals surface area contributed by atoms with E-state index in [0.717, 1.165) is 11.3 Å². The van der Waals surface area contributed by atoms with Gasteiger partial charge in [0.2, 0.25) is 17.7 Å². The summed E-state index contributed by atoms with van der Waals surface area (Å²) in [5.74, 6) is -0.668. The molecule has 4 amide bonds. The standard InChI is InChI=1S/C27H33N5O5/c1-19-7-8-23-22(15-19)26(35)30-10-13-31(12-4-6-24(33)29-11-14-37-23)27(36)20-16-25(34)32(17-20)18-21-5-2-3-9-28-21/h2-3,5,7-9,15,20H,4,6,10-14,16-18H2,1H3,(H,29,33)(H,30,35). The Hall–Kier alpha value is -3.95.